The molecule has 4 nitrogen and oxygen atoms in total. The van der Waals surface area contributed by atoms with E-state index in [4.69, 9.17) is 0 Å². The lowest BCUT2D eigenvalue weighted by Crippen LogP contribution is -2.53. The fourth-order valence-electron chi connectivity index (χ4n) is 4.95. The summed E-state index contributed by atoms with van der Waals surface area (Å²) in [5.74, 6) is -0.590. The number of amides is 2. The van der Waals surface area contributed by atoms with Gasteiger partial charge in [0.1, 0.15) is 11.9 Å². The van der Waals surface area contributed by atoms with E-state index in [1.807, 2.05) is 61.5 Å². The molecule has 1 fully saturated rings. The van der Waals surface area contributed by atoms with Gasteiger partial charge in [0.2, 0.25) is 11.8 Å². The summed E-state index contributed by atoms with van der Waals surface area (Å²) in [5, 5.41) is 3.26. The third-order valence-corrected chi connectivity index (χ3v) is 7.09. The zero-order valence-corrected chi connectivity index (χ0v) is 21.0. The number of aryl methyl sites for hydroxylation is 1. The normalized spacial score (nSPS) is 14.7. The molecule has 0 heterocycles. The standard InChI is InChI=1S/C31H35FN2O2/c1-23-10-8-9-13-26(23)22-34(30(35)21-25-16-18-27(32)19-17-25)29(20-24-11-4-2-5-12-24)31(36)33-28-14-6-3-7-15-28/h2,4-5,8-13,16-19,28-29H,3,6-7,14-15,20-22H2,1H3,(H,33,36)/t29-/m0/s1. The van der Waals surface area contributed by atoms with E-state index < -0.39 is 6.04 Å². The number of nitrogens with one attached hydrogen (secondary N) is 1. The maximum absolute atomic E-state index is 13.8. The number of hydrogen-bond acceptors (Lipinski definition) is 2. The van der Waals surface area contributed by atoms with Crippen LogP contribution in [0, 0.1) is 12.7 Å². The highest BCUT2D eigenvalue weighted by atomic mass is 19.1. The molecule has 5 heteroatoms. The van der Waals surface area contributed by atoms with Crippen LogP contribution in [0.15, 0.2) is 78.9 Å². The molecule has 1 aliphatic carbocycles. The molecular weight excluding hydrogens is 451 g/mol. The number of hydrogen-bond donors (Lipinski definition) is 1. The van der Waals surface area contributed by atoms with Crippen molar-refractivity contribution in [3.8, 4) is 0 Å². The zero-order valence-electron chi connectivity index (χ0n) is 21.0. The van der Waals surface area contributed by atoms with E-state index in [1.54, 1.807) is 17.0 Å². The van der Waals surface area contributed by atoms with Gasteiger partial charge in [0, 0.05) is 19.0 Å². The minimum atomic E-state index is -0.651. The van der Waals surface area contributed by atoms with Gasteiger partial charge in [-0.1, -0.05) is 86.0 Å². The fraction of sp³-hybridized carbons (Fsp3) is 0.355. The van der Waals surface area contributed by atoms with Crippen molar-refractivity contribution < 1.29 is 14.0 Å². The number of carbonyl (C=O) groups excluding carboxylic acids is 2. The highest BCUT2D eigenvalue weighted by Gasteiger charge is 2.32. The summed E-state index contributed by atoms with van der Waals surface area (Å²) in [4.78, 5) is 29.3. The van der Waals surface area contributed by atoms with Crippen LogP contribution in [-0.4, -0.2) is 28.8 Å². The summed E-state index contributed by atoms with van der Waals surface area (Å²) >= 11 is 0. The Morgan fingerprint density at radius 2 is 1.56 bits per heavy atom. The van der Waals surface area contributed by atoms with E-state index in [0.717, 1.165) is 47.9 Å². The molecule has 3 aromatic carbocycles. The van der Waals surface area contributed by atoms with Gasteiger partial charge in [0.05, 0.1) is 6.42 Å². The first-order valence-electron chi connectivity index (χ1n) is 12.9. The van der Waals surface area contributed by atoms with Crippen LogP contribution in [0.25, 0.3) is 0 Å². The monoisotopic (exact) mass is 486 g/mol. The van der Waals surface area contributed by atoms with Gasteiger partial charge in [0.15, 0.2) is 0 Å². The highest BCUT2D eigenvalue weighted by Crippen LogP contribution is 2.21. The molecule has 0 bridgehead atoms. The molecule has 1 aliphatic rings. The lowest BCUT2D eigenvalue weighted by Gasteiger charge is -2.34. The van der Waals surface area contributed by atoms with Gasteiger partial charge in [-0.2, -0.15) is 0 Å². The van der Waals surface area contributed by atoms with Crippen molar-refractivity contribution in [2.75, 3.05) is 0 Å². The van der Waals surface area contributed by atoms with Crippen LogP contribution in [0.5, 0.6) is 0 Å². The summed E-state index contributed by atoms with van der Waals surface area (Å²) in [7, 11) is 0. The minimum Gasteiger partial charge on any atom is -0.352 e. The van der Waals surface area contributed by atoms with Crippen LogP contribution < -0.4 is 5.32 Å². The summed E-state index contributed by atoms with van der Waals surface area (Å²) in [6, 6.07) is 23.3. The maximum Gasteiger partial charge on any atom is 0.243 e. The molecule has 0 spiro atoms. The van der Waals surface area contributed by atoms with E-state index in [2.05, 4.69) is 5.32 Å². The van der Waals surface area contributed by atoms with Crippen molar-refractivity contribution in [3.63, 3.8) is 0 Å². The van der Waals surface area contributed by atoms with E-state index in [0.29, 0.717) is 13.0 Å². The molecule has 1 atom stereocenters. The molecular formula is C31H35FN2O2. The minimum absolute atomic E-state index is 0.105. The lowest BCUT2D eigenvalue weighted by molar-refractivity contribution is -0.141. The molecule has 0 radical (unpaired) electrons. The zero-order chi connectivity index (χ0) is 25.3. The average Bonchev–Trinajstić information content (AvgIpc) is 2.89. The van der Waals surface area contributed by atoms with Gasteiger partial charge >= 0.3 is 0 Å². The van der Waals surface area contributed by atoms with E-state index >= 15 is 0 Å². The first-order chi connectivity index (χ1) is 17.5. The third kappa shape index (κ3) is 7.03. The van der Waals surface area contributed by atoms with Gasteiger partial charge in [-0.05, 0) is 54.2 Å². The molecule has 1 saturated carbocycles. The Labute approximate surface area is 213 Å². The molecule has 2 amide bonds. The largest absolute Gasteiger partial charge is 0.352 e. The van der Waals surface area contributed by atoms with Gasteiger partial charge < -0.3 is 10.2 Å². The second-order valence-electron chi connectivity index (χ2n) is 9.80. The first kappa shape index (κ1) is 25.6. The van der Waals surface area contributed by atoms with E-state index in [9.17, 15) is 14.0 Å². The van der Waals surface area contributed by atoms with Crippen LogP contribution in [0.1, 0.15) is 54.4 Å². The summed E-state index contributed by atoms with van der Waals surface area (Å²) in [5.41, 5.74) is 3.81. The van der Waals surface area contributed by atoms with Crippen molar-refractivity contribution in [2.45, 2.75) is 70.5 Å². The third-order valence-electron chi connectivity index (χ3n) is 7.09. The van der Waals surface area contributed by atoms with Crippen LogP contribution in [0.3, 0.4) is 0 Å². The van der Waals surface area contributed by atoms with Crippen LogP contribution in [0.4, 0.5) is 4.39 Å². The van der Waals surface area contributed by atoms with E-state index in [1.165, 1.54) is 18.6 Å². The predicted octanol–water partition coefficient (Wildman–Crippen LogP) is 5.77. The van der Waals surface area contributed by atoms with Crippen molar-refractivity contribution in [3.05, 3.63) is 107 Å². The average molecular weight is 487 g/mol. The SMILES string of the molecule is Cc1ccccc1CN(C(=O)Cc1ccc(F)cc1)[C@@H](Cc1ccccc1)C(=O)NC1CCCCC1. The van der Waals surface area contributed by atoms with Gasteiger partial charge in [-0.25, -0.2) is 4.39 Å². The lowest BCUT2D eigenvalue weighted by atomic mass is 9.94. The van der Waals surface area contributed by atoms with Crippen molar-refractivity contribution in [2.24, 2.45) is 0 Å². The summed E-state index contributed by atoms with van der Waals surface area (Å²) in [6.07, 6.45) is 5.93. The molecule has 188 valence electrons. The molecule has 36 heavy (non-hydrogen) atoms. The van der Waals surface area contributed by atoms with Crippen LogP contribution in [0.2, 0.25) is 0 Å². The molecule has 1 N–H and O–H groups in total. The Balaban J connectivity index is 1.65. The Hall–Kier alpha value is -3.47. The number of carbonyl (C=O) groups is 2. The molecule has 0 saturated heterocycles. The van der Waals surface area contributed by atoms with Crippen LogP contribution >= 0.6 is 0 Å². The van der Waals surface area contributed by atoms with E-state index in [-0.39, 0.29) is 30.1 Å². The topological polar surface area (TPSA) is 49.4 Å². The molecule has 4 rings (SSSR count). The number of nitrogens with zero attached hydrogens (tertiary/aromatic N) is 1. The first-order valence-corrected chi connectivity index (χ1v) is 12.9. The summed E-state index contributed by atoms with van der Waals surface area (Å²) < 4.78 is 13.5. The van der Waals surface area contributed by atoms with Gasteiger partial charge in [-0.15, -0.1) is 0 Å². The van der Waals surface area contributed by atoms with Crippen molar-refractivity contribution in [1.82, 2.24) is 10.2 Å². The Morgan fingerprint density at radius 3 is 2.25 bits per heavy atom. The quantitative estimate of drug-likeness (QED) is 0.418. The van der Waals surface area contributed by atoms with Crippen molar-refractivity contribution >= 4 is 11.8 Å². The molecule has 0 aliphatic heterocycles. The number of rotatable bonds is 9. The highest BCUT2D eigenvalue weighted by molar-refractivity contribution is 5.89. The number of halogens is 1. The Morgan fingerprint density at radius 1 is 0.889 bits per heavy atom. The second kappa shape index (κ2) is 12.5. The maximum atomic E-state index is 13.8. The molecule has 0 unspecified atom stereocenters. The Bertz CT molecular complexity index is 1140. The Kier molecular flexibility index (Phi) is 8.88. The molecule has 0 aromatic heterocycles. The fourth-order valence-corrected chi connectivity index (χ4v) is 4.95. The smallest absolute Gasteiger partial charge is 0.243 e. The van der Waals surface area contributed by atoms with Gasteiger partial charge in [-0.3, -0.25) is 9.59 Å². The predicted molar refractivity (Wildman–Crippen MR) is 141 cm³/mol. The second-order valence-corrected chi connectivity index (χ2v) is 9.80. The van der Waals surface area contributed by atoms with Crippen LogP contribution in [-0.2, 0) is 29.0 Å². The number of benzene rings is 3. The van der Waals surface area contributed by atoms with Gasteiger partial charge in [0.25, 0.3) is 0 Å². The van der Waals surface area contributed by atoms with Crippen molar-refractivity contribution in [1.29, 1.82) is 0 Å². The molecule has 3 aromatic rings. The summed E-state index contributed by atoms with van der Waals surface area (Å²) in [6.45, 7) is 2.36.